The van der Waals surface area contributed by atoms with Gasteiger partial charge in [-0.3, -0.25) is 0 Å². The fraction of sp³-hybridized carbons (Fsp3) is 0.235. The fourth-order valence-electron chi connectivity index (χ4n) is 2.79. The summed E-state index contributed by atoms with van der Waals surface area (Å²) in [6.45, 7) is 8.38. The van der Waals surface area contributed by atoms with Crippen molar-refractivity contribution >= 4 is 11.3 Å². The van der Waals surface area contributed by atoms with Crippen LogP contribution in [0.25, 0.3) is 16.9 Å². The topological polar surface area (TPSA) is 43.3 Å². The van der Waals surface area contributed by atoms with Crippen LogP contribution in [0.4, 0.5) is 5.69 Å². The quantitative estimate of drug-likeness (QED) is 0.727. The van der Waals surface area contributed by atoms with Crippen LogP contribution < -0.4 is 5.73 Å². The number of imidazole rings is 1. The van der Waals surface area contributed by atoms with Gasteiger partial charge in [0.1, 0.15) is 5.65 Å². The van der Waals surface area contributed by atoms with E-state index in [9.17, 15) is 0 Å². The van der Waals surface area contributed by atoms with Crippen molar-refractivity contribution in [1.29, 1.82) is 0 Å². The highest BCUT2D eigenvalue weighted by Crippen LogP contribution is 2.29. The van der Waals surface area contributed by atoms with Gasteiger partial charge in [-0.05, 0) is 44.9 Å². The number of nitrogens with two attached hydrogens (primary N) is 1. The molecule has 0 aliphatic rings. The molecule has 3 heteroatoms. The number of nitrogens with zero attached hydrogens (tertiary/aromatic N) is 2. The van der Waals surface area contributed by atoms with Gasteiger partial charge >= 0.3 is 0 Å². The van der Waals surface area contributed by atoms with Crippen molar-refractivity contribution in [2.75, 3.05) is 5.73 Å². The van der Waals surface area contributed by atoms with E-state index in [1.165, 1.54) is 16.7 Å². The number of aromatic nitrogens is 2. The molecule has 1 aromatic carbocycles. The molecule has 3 aromatic rings. The van der Waals surface area contributed by atoms with Gasteiger partial charge in [0, 0.05) is 23.1 Å². The summed E-state index contributed by atoms with van der Waals surface area (Å²) in [5.41, 5.74) is 14.7. The Bertz CT molecular complexity index is 813. The largest absolute Gasteiger partial charge is 0.398 e. The average molecular weight is 265 g/mol. The molecule has 0 atom stereocenters. The zero-order valence-corrected chi connectivity index (χ0v) is 12.4. The Kier molecular flexibility index (Phi) is 2.78. The molecule has 0 unspecified atom stereocenters. The number of fused-ring (bicyclic) bond motifs is 1. The van der Waals surface area contributed by atoms with Crippen LogP contribution in [0.2, 0.25) is 0 Å². The summed E-state index contributed by atoms with van der Waals surface area (Å²) in [7, 11) is 0. The first kappa shape index (κ1) is 12.7. The highest BCUT2D eigenvalue weighted by atomic mass is 15.0. The zero-order valence-electron chi connectivity index (χ0n) is 12.4. The number of hydrogen-bond acceptors (Lipinski definition) is 2. The van der Waals surface area contributed by atoms with Crippen LogP contribution in [-0.4, -0.2) is 9.38 Å². The van der Waals surface area contributed by atoms with Crippen LogP contribution in [0, 0.1) is 27.7 Å². The molecule has 0 radical (unpaired) electrons. The number of nitrogen functional groups attached to an aromatic ring is 1. The molecule has 0 amide bonds. The van der Waals surface area contributed by atoms with Gasteiger partial charge in [-0.1, -0.05) is 23.8 Å². The first-order valence-corrected chi connectivity index (χ1v) is 6.80. The molecule has 0 spiro atoms. The Morgan fingerprint density at radius 3 is 2.45 bits per heavy atom. The minimum atomic E-state index is 0.766. The Balaban J connectivity index is 2.32. The summed E-state index contributed by atoms with van der Waals surface area (Å²) in [5, 5.41) is 0. The second-order valence-electron chi connectivity index (χ2n) is 5.51. The Labute approximate surface area is 119 Å². The Morgan fingerprint density at radius 1 is 1.00 bits per heavy atom. The van der Waals surface area contributed by atoms with Crippen LogP contribution in [0.15, 0.2) is 30.5 Å². The number of benzene rings is 1. The standard InChI is InChI=1S/C17H19N3/c1-10-5-6-15(11(2)7-10)16-13(4)20-9-14(18)8-12(3)17(20)19-16/h5-9H,18H2,1-4H3. The summed E-state index contributed by atoms with van der Waals surface area (Å²) in [5.74, 6) is 0. The van der Waals surface area contributed by atoms with E-state index in [4.69, 9.17) is 10.7 Å². The van der Waals surface area contributed by atoms with Gasteiger partial charge in [0.15, 0.2) is 0 Å². The van der Waals surface area contributed by atoms with E-state index < -0.39 is 0 Å². The molecule has 20 heavy (non-hydrogen) atoms. The fourth-order valence-corrected chi connectivity index (χ4v) is 2.79. The van der Waals surface area contributed by atoms with E-state index in [0.717, 1.165) is 28.3 Å². The number of pyridine rings is 1. The number of aryl methyl sites for hydroxylation is 4. The first-order chi connectivity index (χ1) is 9.47. The minimum Gasteiger partial charge on any atom is -0.398 e. The second-order valence-corrected chi connectivity index (χ2v) is 5.51. The van der Waals surface area contributed by atoms with Crippen molar-refractivity contribution in [3.05, 3.63) is 52.8 Å². The maximum absolute atomic E-state index is 5.94. The van der Waals surface area contributed by atoms with Crippen molar-refractivity contribution in [3.63, 3.8) is 0 Å². The molecule has 3 nitrogen and oxygen atoms in total. The lowest BCUT2D eigenvalue weighted by atomic mass is 10.0. The van der Waals surface area contributed by atoms with Crippen LogP contribution in [0.3, 0.4) is 0 Å². The van der Waals surface area contributed by atoms with Crippen LogP contribution in [0.5, 0.6) is 0 Å². The number of hydrogen-bond donors (Lipinski definition) is 1. The molecule has 2 heterocycles. The Hall–Kier alpha value is -2.29. The molecule has 0 aliphatic heterocycles. The summed E-state index contributed by atoms with van der Waals surface area (Å²) in [4.78, 5) is 4.82. The van der Waals surface area contributed by atoms with E-state index in [0.29, 0.717) is 0 Å². The van der Waals surface area contributed by atoms with Crippen molar-refractivity contribution in [1.82, 2.24) is 9.38 Å². The first-order valence-electron chi connectivity index (χ1n) is 6.80. The van der Waals surface area contributed by atoms with E-state index in [1.54, 1.807) is 0 Å². The predicted molar refractivity (Wildman–Crippen MR) is 84.0 cm³/mol. The lowest BCUT2D eigenvalue weighted by molar-refractivity contribution is 1.10. The van der Waals surface area contributed by atoms with Crippen molar-refractivity contribution < 1.29 is 0 Å². The molecule has 0 saturated heterocycles. The molecule has 0 saturated carbocycles. The van der Waals surface area contributed by atoms with Crippen LogP contribution in [0.1, 0.15) is 22.4 Å². The third-order valence-electron chi connectivity index (χ3n) is 3.80. The normalized spacial score (nSPS) is 11.2. The molecule has 2 aromatic heterocycles. The molecule has 3 rings (SSSR count). The van der Waals surface area contributed by atoms with E-state index in [2.05, 4.69) is 43.4 Å². The van der Waals surface area contributed by atoms with Gasteiger partial charge in [0.05, 0.1) is 5.69 Å². The van der Waals surface area contributed by atoms with Crippen LogP contribution >= 0.6 is 0 Å². The van der Waals surface area contributed by atoms with Gasteiger partial charge in [0.2, 0.25) is 0 Å². The molecule has 0 fully saturated rings. The molecule has 0 bridgehead atoms. The summed E-state index contributed by atoms with van der Waals surface area (Å²) >= 11 is 0. The lowest BCUT2D eigenvalue weighted by Crippen LogP contribution is -1.94. The second kappa shape index (κ2) is 4.37. The van der Waals surface area contributed by atoms with Crippen molar-refractivity contribution in [3.8, 4) is 11.3 Å². The van der Waals surface area contributed by atoms with E-state index in [-0.39, 0.29) is 0 Å². The predicted octanol–water partition coefficient (Wildman–Crippen LogP) is 3.82. The number of anilines is 1. The SMILES string of the molecule is Cc1ccc(-c2nc3c(C)cc(N)cn3c2C)c(C)c1. The van der Waals surface area contributed by atoms with Gasteiger partial charge in [0.25, 0.3) is 0 Å². The van der Waals surface area contributed by atoms with Gasteiger partial charge < -0.3 is 10.1 Å². The highest BCUT2D eigenvalue weighted by Gasteiger charge is 2.14. The van der Waals surface area contributed by atoms with Crippen molar-refractivity contribution in [2.45, 2.75) is 27.7 Å². The maximum Gasteiger partial charge on any atom is 0.140 e. The smallest absolute Gasteiger partial charge is 0.140 e. The van der Waals surface area contributed by atoms with Gasteiger partial charge in [-0.15, -0.1) is 0 Å². The third-order valence-corrected chi connectivity index (χ3v) is 3.80. The molecule has 102 valence electrons. The molecular formula is C17H19N3. The van der Waals surface area contributed by atoms with Gasteiger partial charge in [-0.25, -0.2) is 4.98 Å². The summed E-state index contributed by atoms with van der Waals surface area (Å²) in [6.07, 6.45) is 1.94. The monoisotopic (exact) mass is 265 g/mol. The van der Waals surface area contributed by atoms with Crippen molar-refractivity contribution in [2.24, 2.45) is 0 Å². The molecule has 0 aliphatic carbocycles. The highest BCUT2D eigenvalue weighted by molar-refractivity contribution is 5.71. The van der Waals surface area contributed by atoms with Gasteiger partial charge in [-0.2, -0.15) is 0 Å². The third kappa shape index (κ3) is 1.86. The summed E-state index contributed by atoms with van der Waals surface area (Å²) < 4.78 is 2.08. The Morgan fingerprint density at radius 2 is 1.75 bits per heavy atom. The lowest BCUT2D eigenvalue weighted by Gasteiger charge is -2.05. The van der Waals surface area contributed by atoms with E-state index in [1.807, 2.05) is 19.2 Å². The average Bonchev–Trinajstić information content (AvgIpc) is 2.68. The van der Waals surface area contributed by atoms with Crippen LogP contribution in [-0.2, 0) is 0 Å². The minimum absolute atomic E-state index is 0.766. The zero-order chi connectivity index (χ0) is 14.4. The number of rotatable bonds is 1. The summed E-state index contributed by atoms with van der Waals surface area (Å²) in [6, 6.07) is 8.44. The molecular weight excluding hydrogens is 246 g/mol. The maximum atomic E-state index is 5.94. The van der Waals surface area contributed by atoms with E-state index >= 15 is 0 Å². The molecule has 2 N–H and O–H groups in total.